The normalized spacial score (nSPS) is 12.9. The van der Waals surface area contributed by atoms with Crippen LogP contribution >= 0.6 is 0 Å². The molecular formula is C8H13N3O. The first-order valence-electron chi connectivity index (χ1n) is 3.80. The molecule has 0 spiro atoms. The summed E-state index contributed by atoms with van der Waals surface area (Å²) in [6, 6.07) is 1.33. The van der Waals surface area contributed by atoms with Crippen LogP contribution < -0.4 is 17.0 Å². The third-order valence-electron chi connectivity index (χ3n) is 1.83. The molecule has 0 fully saturated rings. The van der Waals surface area contributed by atoms with E-state index in [0.717, 1.165) is 11.1 Å². The maximum atomic E-state index is 10.8. The van der Waals surface area contributed by atoms with Crippen LogP contribution in [0.1, 0.15) is 17.2 Å². The average Bonchev–Trinajstić information content (AvgIpc) is 2.03. The fraction of sp³-hybridized carbons (Fsp3) is 0.375. The molecule has 0 aromatic carbocycles. The van der Waals surface area contributed by atoms with Crippen LogP contribution in [0, 0.1) is 6.92 Å². The van der Waals surface area contributed by atoms with Gasteiger partial charge >= 0.3 is 0 Å². The van der Waals surface area contributed by atoms with Crippen molar-refractivity contribution in [3.05, 3.63) is 33.7 Å². The molecule has 4 nitrogen and oxygen atoms in total. The molecule has 12 heavy (non-hydrogen) atoms. The number of nitrogens with one attached hydrogen (secondary N) is 1. The molecule has 1 atom stereocenters. The lowest BCUT2D eigenvalue weighted by molar-refractivity contribution is 0.726. The number of hydrogen-bond donors (Lipinski definition) is 3. The number of aromatic amines is 1. The molecule has 0 amide bonds. The van der Waals surface area contributed by atoms with E-state index in [1.165, 1.54) is 6.07 Å². The van der Waals surface area contributed by atoms with Crippen molar-refractivity contribution in [3.63, 3.8) is 0 Å². The molecule has 0 saturated heterocycles. The Kier molecular flexibility index (Phi) is 2.62. The van der Waals surface area contributed by atoms with Gasteiger partial charge in [-0.3, -0.25) is 4.79 Å². The maximum Gasteiger partial charge on any atom is 0.248 e. The molecule has 1 aromatic rings. The van der Waals surface area contributed by atoms with E-state index in [1.54, 1.807) is 6.20 Å². The van der Waals surface area contributed by atoms with E-state index in [0.29, 0.717) is 6.54 Å². The highest BCUT2D eigenvalue weighted by atomic mass is 16.1. The van der Waals surface area contributed by atoms with Gasteiger partial charge in [0.2, 0.25) is 5.56 Å². The van der Waals surface area contributed by atoms with Crippen molar-refractivity contribution in [3.8, 4) is 0 Å². The number of aromatic nitrogens is 1. The SMILES string of the molecule is Cc1cc(=O)[nH]cc1[C@@H](N)CN. The number of H-pyrrole nitrogens is 1. The fourth-order valence-corrected chi connectivity index (χ4v) is 1.11. The van der Waals surface area contributed by atoms with Crippen LogP contribution in [-0.4, -0.2) is 11.5 Å². The second-order valence-electron chi connectivity index (χ2n) is 2.78. The van der Waals surface area contributed by atoms with E-state index < -0.39 is 0 Å². The third kappa shape index (κ3) is 1.72. The molecule has 1 aromatic heterocycles. The van der Waals surface area contributed by atoms with E-state index in [2.05, 4.69) is 4.98 Å². The minimum absolute atomic E-state index is 0.111. The van der Waals surface area contributed by atoms with Gasteiger partial charge in [0.1, 0.15) is 0 Å². The van der Waals surface area contributed by atoms with Gasteiger partial charge in [-0.1, -0.05) is 0 Å². The highest BCUT2D eigenvalue weighted by Gasteiger charge is 2.06. The minimum Gasteiger partial charge on any atom is -0.329 e. The van der Waals surface area contributed by atoms with Gasteiger partial charge in [-0.15, -0.1) is 0 Å². The Bertz CT molecular complexity index is 318. The van der Waals surface area contributed by atoms with Crippen LogP contribution in [0.4, 0.5) is 0 Å². The van der Waals surface area contributed by atoms with Gasteiger partial charge in [0.25, 0.3) is 0 Å². The zero-order valence-electron chi connectivity index (χ0n) is 7.00. The molecule has 1 rings (SSSR count). The van der Waals surface area contributed by atoms with Crippen molar-refractivity contribution in [1.29, 1.82) is 0 Å². The number of pyridine rings is 1. The van der Waals surface area contributed by atoms with E-state index in [-0.39, 0.29) is 11.6 Å². The molecule has 0 aliphatic heterocycles. The van der Waals surface area contributed by atoms with Crippen molar-refractivity contribution >= 4 is 0 Å². The third-order valence-corrected chi connectivity index (χ3v) is 1.83. The topological polar surface area (TPSA) is 84.9 Å². The summed E-state index contributed by atoms with van der Waals surface area (Å²) in [6.45, 7) is 2.23. The van der Waals surface area contributed by atoms with Gasteiger partial charge in [-0.25, -0.2) is 0 Å². The monoisotopic (exact) mass is 167 g/mol. The van der Waals surface area contributed by atoms with E-state index in [4.69, 9.17) is 11.5 Å². The van der Waals surface area contributed by atoms with Crippen molar-refractivity contribution < 1.29 is 0 Å². The minimum atomic E-state index is -0.193. The van der Waals surface area contributed by atoms with Crippen LogP contribution in [-0.2, 0) is 0 Å². The first-order chi connectivity index (χ1) is 5.65. The first-order valence-corrected chi connectivity index (χ1v) is 3.80. The van der Waals surface area contributed by atoms with Gasteiger partial charge in [0.05, 0.1) is 0 Å². The first kappa shape index (κ1) is 8.96. The highest BCUT2D eigenvalue weighted by molar-refractivity contribution is 5.24. The summed E-state index contributed by atoms with van der Waals surface area (Å²) in [5.41, 5.74) is 12.8. The maximum absolute atomic E-state index is 10.8. The lowest BCUT2D eigenvalue weighted by Crippen LogP contribution is -2.23. The molecule has 0 radical (unpaired) electrons. The summed E-state index contributed by atoms with van der Waals surface area (Å²) in [4.78, 5) is 13.4. The molecule has 5 N–H and O–H groups in total. The Morgan fingerprint density at radius 1 is 1.67 bits per heavy atom. The zero-order valence-corrected chi connectivity index (χ0v) is 7.00. The average molecular weight is 167 g/mol. The van der Waals surface area contributed by atoms with Gasteiger partial charge in [-0.05, 0) is 18.1 Å². The van der Waals surface area contributed by atoms with Gasteiger partial charge < -0.3 is 16.5 Å². The summed E-state index contributed by atoms with van der Waals surface area (Å²) in [5, 5.41) is 0. The zero-order chi connectivity index (χ0) is 9.14. The summed E-state index contributed by atoms with van der Waals surface area (Å²) < 4.78 is 0. The Morgan fingerprint density at radius 2 is 2.33 bits per heavy atom. The Labute approximate surface area is 70.6 Å². The van der Waals surface area contributed by atoms with Crippen LogP contribution in [0.25, 0.3) is 0 Å². The van der Waals surface area contributed by atoms with Crippen LogP contribution in [0.2, 0.25) is 0 Å². The fourth-order valence-electron chi connectivity index (χ4n) is 1.11. The molecule has 0 saturated carbocycles. The van der Waals surface area contributed by atoms with Crippen molar-refractivity contribution in [2.24, 2.45) is 11.5 Å². The second-order valence-corrected chi connectivity index (χ2v) is 2.78. The van der Waals surface area contributed by atoms with E-state index >= 15 is 0 Å². The lowest BCUT2D eigenvalue weighted by atomic mass is 10.1. The molecule has 1 heterocycles. The van der Waals surface area contributed by atoms with Crippen LogP contribution in [0.15, 0.2) is 17.1 Å². The molecule has 0 aliphatic carbocycles. The summed E-state index contributed by atoms with van der Waals surface area (Å²) in [6.07, 6.45) is 1.62. The molecule has 0 bridgehead atoms. The summed E-state index contributed by atoms with van der Waals surface area (Å²) in [7, 11) is 0. The van der Waals surface area contributed by atoms with Crippen molar-refractivity contribution in [2.75, 3.05) is 6.54 Å². The number of nitrogens with two attached hydrogens (primary N) is 2. The highest BCUT2D eigenvalue weighted by Crippen LogP contribution is 2.10. The Morgan fingerprint density at radius 3 is 2.83 bits per heavy atom. The Hall–Kier alpha value is -1.13. The van der Waals surface area contributed by atoms with Crippen molar-refractivity contribution in [1.82, 2.24) is 4.98 Å². The standard InChI is InChI=1S/C8H13N3O/c1-5-2-8(12)11-4-6(5)7(10)3-9/h2,4,7H,3,9-10H2,1H3,(H,11,12)/t7-/m0/s1. The number of hydrogen-bond acceptors (Lipinski definition) is 3. The van der Waals surface area contributed by atoms with Crippen molar-refractivity contribution in [2.45, 2.75) is 13.0 Å². The summed E-state index contributed by atoms with van der Waals surface area (Å²) in [5.74, 6) is 0. The van der Waals surface area contributed by atoms with E-state index in [1.807, 2.05) is 6.92 Å². The smallest absolute Gasteiger partial charge is 0.248 e. The van der Waals surface area contributed by atoms with Crippen LogP contribution in [0.3, 0.4) is 0 Å². The second kappa shape index (κ2) is 3.51. The molecule has 0 aliphatic rings. The van der Waals surface area contributed by atoms with Gasteiger partial charge in [-0.2, -0.15) is 0 Å². The lowest BCUT2D eigenvalue weighted by Gasteiger charge is -2.10. The quantitative estimate of drug-likeness (QED) is 0.562. The van der Waals surface area contributed by atoms with Gasteiger partial charge in [0, 0.05) is 24.8 Å². The molecule has 66 valence electrons. The number of rotatable bonds is 2. The predicted octanol–water partition coefficient (Wildman–Crippen LogP) is -0.358. The largest absolute Gasteiger partial charge is 0.329 e. The molecular weight excluding hydrogens is 154 g/mol. The van der Waals surface area contributed by atoms with Gasteiger partial charge in [0.15, 0.2) is 0 Å². The van der Waals surface area contributed by atoms with Crippen LogP contribution in [0.5, 0.6) is 0 Å². The Balaban J connectivity index is 3.09. The predicted molar refractivity (Wildman–Crippen MR) is 47.8 cm³/mol. The molecule has 4 heteroatoms. The van der Waals surface area contributed by atoms with E-state index in [9.17, 15) is 4.79 Å². The molecule has 0 unspecified atom stereocenters. The summed E-state index contributed by atoms with van der Waals surface area (Å²) >= 11 is 0. The number of aryl methyl sites for hydroxylation is 1.